The fourth-order valence-electron chi connectivity index (χ4n) is 1.33. The zero-order chi connectivity index (χ0) is 16.4. The minimum atomic E-state index is -5.91. The molecule has 21 heavy (non-hydrogen) atoms. The van der Waals surface area contributed by atoms with Crippen molar-refractivity contribution in [3.63, 3.8) is 0 Å². The number of ether oxygens (including phenoxy) is 1. The highest BCUT2D eigenvalue weighted by molar-refractivity contribution is 7.88. The number of halogens is 3. The molecular weight excluding hydrogens is 315 g/mol. The van der Waals surface area contributed by atoms with Crippen LogP contribution in [0.4, 0.5) is 13.2 Å². The van der Waals surface area contributed by atoms with Crippen molar-refractivity contribution in [3.8, 4) is 11.8 Å². The van der Waals surface area contributed by atoms with E-state index in [-0.39, 0.29) is 11.1 Å². The van der Waals surface area contributed by atoms with E-state index in [0.717, 1.165) is 19.2 Å². The molecule has 0 atom stereocenters. The van der Waals surface area contributed by atoms with Crippen molar-refractivity contribution in [1.82, 2.24) is 0 Å². The molecule has 0 aliphatic carbocycles. The van der Waals surface area contributed by atoms with Crippen molar-refractivity contribution in [2.45, 2.75) is 12.4 Å². The smallest absolute Gasteiger partial charge is 0.465 e. The van der Waals surface area contributed by atoms with Gasteiger partial charge in [0.25, 0.3) is 0 Å². The van der Waals surface area contributed by atoms with Crippen LogP contribution in [0.5, 0.6) is 5.75 Å². The van der Waals surface area contributed by atoms with E-state index in [2.05, 4.69) is 8.92 Å². The average molecular weight is 323 g/mol. The molecule has 0 saturated carbocycles. The molecule has 0 unspecified atom stereocenters. The van der Waals surface area contributed by atoms with Crippen LogP contribution in [-0.2, 0) is 14.9 Å². The Bertz CT molecular complexity index is 719. The van der Waals surface area contributed by atoms with Crippen molar-refractivity contribution in [3.05, 3.63) is 28.8 Å². The van der Waals surface area contributed by atoms with Gasteiger partial charge in [0.1, 0.15) is 6.07 Å². The SMILES string of the molecule is COC(=O)c1cc(C#N)c(OS(=O)(=O)C(F)(F)F)cc1C. The van der Waals surface area contributed by atoms with Crippen molar-refractivity contribution in [1.29, 1.82) is 5.26 Å². The van der Waals surface area contributed by atoms with Crippen LogP contribution in [0.1, 0.15) is 21.5 Å². The van der Waals surface area contributed by atoms with E-state index in [4.69, 9.17) is 5.26 Å². The number of carbonyl (C=O) groups is 1. The number of aryl methyl sites for hydroxylation is 1. The molecule has 0 radical (unpaired) electrons. The summed E-state index contributed by atoms with van der Waals surface area (Å²) < 4.78 is 66.9. The fourth-order valence-corrected chi connectivity index (χ4v) is 1.80. The Hall–Kier alpha value is -2.28. The summed E-state index contributed by atoms with van der Waals surface area (Å²) in [6, 6.07) is 3.18. The van der Waals surface area contributed by atoms with E-state index >= 15 is 0 Å². The summed E-state index contributed by atoms with van der Waals surface area (Å²) in [6.45, 7) is 1.32. The fraction of sp³-hybridized carbons (Fsp3) is 0.273. The molecule has 0 saturated heterocycles. The lowest BCUT2D eigenvalue weighted by atomic mass is 10.0. The number of rotatable bonds is 3. The van der Waals surface area contributed by atoms with E-state index < -0.39 is 32.9 Å². The molecule has 1 aromatic rings. The van der Waals surface area contributed by atoms with Gasteiger partial charge in [-0.15, -0.1) is 0 Å². The van der Waals surface area contributed by atoms with Gasteiger partial charge < -0.3 is 8.92 Å². The maximum absolute atomic E-state index is 12.2. The van der Waals surface area contributed by atoms with Crippen LogP contribution in [0.3, 0.4) is 0 Å². The first-order chi connectivity index (χ1) is 9.53. The van der Waals surface area contributed by atoms with Crippen molar-refractivity contribution in [2.24, 2.45) is 0 Å². The van der Waals surface area contributed by atoms with Crippen LogP contribution in [-0.4, -0.2) is 27.0 Å². The number of hydrogen-bond acceptors (Lipinski definition) is 6. The summed E-state index contributed by atoms with van der Waals surface area (Å²) in [5.74, 6) is -1.64. The van der Waals surface area contributed by atoms with Gasteiger partial charge in [-0.2, -0.15) is 26.9 Å². The van der Waals surface area contributed by atoms with Gasteiger partial charge in [-0.3, -0.25) is 0 Å². The third-order valence-corrected chi connectivity index (χ3v) is 3.30. The number of hydrogen-bond donors (Lipinski definition) is 0. The second-order valence-corrected chi connectivity index (χ2v) is 5.29. The summed E-state index contributed by atoms with van der Waals surface area (Å²) in [5, 5.41) is 8.83. The normalized spacial score (nSPS) is 11.6. The maximum atomic E-state index is 12.2. The summed E-state index contributed by atoms with van der Waals surface area (Å²) >= 11 is 0. The molecule has 1 rings (SSSR count). The van der Waals surface area contributed by atoms with Gasteiger partial charge in [-0.1, -0.05) is 0 Å². The van der Waals surface area contributed by atoms with E-state index in [9.17, 15) is 26.4 Å². The quantitative estimate of drug-likeness (QED) is 0.479. The van der Waals surface area contributed by atoms with Gasteiger partial charge >= 0.3 is 21.6 Å². The predicted molar refractivity (Wildman–Crippen MR) is 62.8 cm³/mol. The Labute approximate surface area is 117 Å². The highest BCUT2D eigenvalue weighted by Gasteiger charge is 2.48. The van der Waals surface area contributed by atoms with Crippen LogP contribution in [0.25, 0.3) is 0 Å². The minimum absolute atomic E-state index is 0.0909. The summed E-state index contributed by atoms with van der Waals surface area (Å²) in [6.07, 6.45) is 0. The lowest BCUT2D eigenvalue weighted by Crippen LogP contribution is -2.28. The van der Waals surface area contributed by atoms with Crippen LogP contribution in [0, 0.1) is 18.3 Å². The molecule has 6 nitrogen and oxygen atoms in total. The Morgan fingerprint density at radius 1 is 1.33 bits per heavy atom. The Kier molecular flexibility index (Phi) is 4.48. The molecule has 10 heteroatoms. The second kappa shape index (κ2) is 5.61. The topological polar surface area (TPSA) is 93.5 Å². The standard InChI is InChI=1S/C11H8F3NO5S/c1-6-3-9(20-21(17,18)11(12,13)14)7(5-15)4-8(6)10(16)19-2/h3-4H,1-2H3. The number of esters is 1. The molecule has 0 aliphatic rings. The first kappa shape index (κ1) is 16.8. The van der Waals surface area contributed by atoms with E-state index in [0.29, 0.717) is 0 Å². The molecule has 0 aliphatic heterocycles. The number of nitriles is 1. The minimum Gasteiger partial charge on any atom is -0.465 e. The van der Waals surface area contributed by atoms with Crippen LogP contribution < -0.4 is 4.18 Å². The van der Waals surface area contributed by atoms with Gasteiger partial charge in [-0.05, 0) is 24.6 Å². The summed E-state index contributed by atoms with van der Waals surface area (Å²) in [5.41, 5.74) is -6.18. The largest absolute Gasteiger partial charge is 0.534 e. The molecular formula is C11H8F3NO5S. The van der Waals surface area contributed by atoms with Crippen LogP contribution >= 0.6 is 0 Å². The number of methoxy groups -OCH3 is 1. The monoisotopic (exact) mass is 323 g/mol. The average Bonchev–Trinajstić information content (AvgIpc) is 2.36. The van der Waals surface area contributed by atoms with Crippen molar-refractivity contribution < 1.29 is 35.3 Å². The Morgan fingerprint density at radius 3 is 2.33 bits per heavy atom. The highest BCUT2D eigenvalue weighted by Crippen LogP contribution is 2.30. The third kappa shape index (κ3) is 3.43. The van der Waals surface area contributed by atoms with Gasteiger partial charge in [0.15, 0.2) is 5.75 Å². The first-order valence-electron chi connectivity index (χ1n) is 5.17. The second-order valence-electron chi connectivity index (χ2n) is 3.75. The van der Waals surface area contributed by atoms with E-state index in [1.54, 1.807) is 0 Å². The molecule has 0 heterocycles. The zero-order valence-corrected chi connectivity index (χ0v) is 11.5. The van der Waals surface area contributed by atoms with Gasteiger partial charge in [0, 0.05) is 0 Å². The third-order valence-electron chi connectivity index (χ3n) is 2.34. The van der Waals surface area contributed by atoms with E-state index in [1.807, 2.05) is 0 Å². The molecule has 114 valence electrons. The number of alkyl halides is 3. The summed E-state index contributed by atoms with van der Waals surface area (Å²) in [7, 11) is -4.83. The molecule has 0 spiro atoms. The number of nitrogens with zero attached hydrogens (tertiary/aromatic N) is 1. The van der Waals surface area contributed by atoms with Crippen molar-refractivity contribution in [2.75, 3.05) is 7.11 Å². The Balaban J connectivity index is 3.38. The predicted octanol–water partition coefficient (Wildman–Crippen LogP) is 1.88. The molecule has 0 bridgehead atoms. The lowest BCUT2D eigenvalue weighted by Gasteiger charge is -2.12. The molecule has 0 fully saturated rings. The number of carbonyl (C=O) groups excluding carboxylic acids is 1. The molecule has 0 N–H and O–H groups in total. The number of benzene rings is 1. The van der Waals surface area contributed by atoms with Crippen LogP contribution in [0.15, 0.2) is 12.1 Å². The first-order valence-corrected chi connectivity index (χ1v) is 6.58. The molecule has 1 aromatic carbocycles. The molecule has 0 amide bonds. The van der Waals surface area contributed by atoms with Gasteiger partial charge in [-0.25, -0.2) is 4.79 Å². The maximum Gasteiger partial charge on any atom is 0.534 e. The summed E-state index contributed by atoms with van der Waals surface area (Å²) in [4.78, 5) is 11.4. The van der Waals surface area contributed by atoms with Gasteiger partial charge in [0.05, 0.1) is 18.2 Å². The van der Waals surface area contributed by atoms with Crippen LogP contribution in [0.2, 0.25) is 0 Å². The lowest BCUT2D eigenvalue weighted by molar-refractivity contribution is -0.0500. The Morgan fingerprint density at radius 2 is 1.90 bits per heavy atom. The van der Waals surface area contributed by atoms with Gasteiger partial charge in [0.2, 0.25) is 0 Å². The molecule has 0 aromatic heterocycles. The van der Waals surface area contributed by atoms with E-state index in [1.165, 1.54) is 13.0 Å². The van der Waals surface area contributed by atoms with Crippen molar-refractivity contribution >= 4 is 16.1 Å². The highest BCUT2D eigenvalue weighted by atomic mass is 32.2. The zero-order valence-electron chi connectivity index (χ0n) is 10.7.